The van der Waals surface area contributed by atoms with Gasteiger partial charge in [-0.1, -0.05) is 0 Å². The molecule has 2 heterocycles. The Hall–Kier alpha value is -0.450. The molecule has 1 aliphatic heterocycles. The highest BCUT2D eigenvalue weighted by atomic mass is 32.1. The van der Waals surface area contributed by atoms with Crippen molar-refractivity contribution in [1.82, 2.24) is 10.3 Å². The summed E-state index contributed by atoms with van der Waals surface area (Å²) in [6.45, 7) is 1.33. The first kappa shape index (κ1) is 9.12. The van der Waals surface area contributed by atoms with E-state index in [1.165, 1.54) is 22.7 Å². The minimum atomic E-state index is 0.222. The van der Waals surface area contributed by atoms with E-state index < -0.39 is 0 Å². The first-order valence-electron chi connectivity index (χ1n) is 4.69. The molecule has 0 aromatic carbocycles. The Bertz CT molecular complexity index is 268. The maximum absolute atomic E-state index is 8.76. The van der Waals surface area contributed by atoms with Crippen molar-refractivity contribution in [2.24, 2.45) is 0 Å². The molecule has 1 unspecified atom stereocenters. The molecule has 0 aliphatic carbocycles. The molecule has 0 saturated carbocycles. The molecule has 1 saturated heterocycles. The molecule has 0 spiro atoms. The van der Waals surface area contributed by atoms with Gasteiger partial charge < -0.3 is 10.4 Å². The number of nitrogens with one attached hydrogen (secondary N) is 1. The maximum Gasteiger partial charge on any atom is 0.110 e. The number of hydrogen-bond acceptors (Lipinski definition) is 4. The van der Waals surface area contributed by atoms with Crippen molar-refractivity contribution >= 4 is 11.3 Å². The molecular weight excluding hydrogens is 184 g/mol. The van der Waals surface area contributed by atoms with Crippen LogP contribution in [0.3, 0.4) is 0 Å². The van der Waals surface area contributed by atoms with E-state index in [1.54, 1.807) is 11.3 Å². The van der Waals surface area contributed by atoms with Crippen LogP contribution in [0.2, 0.25) is 0 Å². The standard InChI is InChI=1S/C9H14N2OS/c12-5-3-7-6-11-9(13-7)8-2-1-4-10-8/h6,8,10,12H,1-5H2. The van der Waals surface area contributed by atoms with Crippen LogP contribution in [-0.4, -0.2) is 23.2 Å². The summed E-state index contributed by atoms with van der Waals surface area (Å²) in [6.07, 6.45) is 5.08. The lowest BCUT2D eigenvalue weighted by atomic mass is 10.2. The van der Waals surface area contributed by atoms with E-state index in [1.807, 2.05) is 6.20 Å². The molecule has 1 aliphatic rings. The van der Waals surface area contributed by atoms with Crippen molar-refractivity contribution in [3.8, 4) is 0 Å². The minimum absolute atomic E-state index is 0.222. The van der Waals surface area contributed by atoms with E-state index in [4.69, 9.17) is 5.11 Å². The van der Waals surface area contributed by atoms with Crippen LogP contribution < -0.4 is 5.32 Å². The van der Waals surface area contributed by atoms with Gasteiger partial charge in [-0.05, 0) is 19.4 Å². The molecule has 0 bridgehead atoms. The lowest BCUT2D eigenvalue weighted by Crippen LogP contribution is -2.12. The minimum Gasteiger partial charge on any atom is -0.396 e. The fourth-order valence-electron chi connectivity index (χ4n) is 1.60. The van der Waals surface area contributed by atoms with Gasteiger partial charge in [0.15, 0.2) is 0 Å². The van der Waals surface area contributed by atoms with Crippen LogP contribution in [-0.2, 0) is 6.42 Å². The molecule has 2 N–H and O–H groups in total. The maximum atomic E-state index is 8.76. The molecule has 72 valence electrons. The average molecular weight is 198 g/mol. The second-order valence-corrected chi connectivity index (χ2v) is 4.43. The molecule has 0 radical (unpaired) electrons. The summed E-state index contributed by atoms with van der Waals surface area (Å²) in [7, 11) is 0. The average Bonchev–Trinajstić information content (AvgIpc) is 2.70. The summed E-state index contributed by atoms with van der Waals surface area (Å²) >= 11 is 1.72. The zero-order valence-corrected chi connectivity index (χ0v) is 8.31. The molecule has 1 aromatic heterocycles. The van der Waals surface area contributed by atoms with E-state index in [-0.39, 0.29) is 6.61 Å². The lowest BCUT2D eigenvalue weighted by Gasteiger charge is -2.03. The van der Waals surface area contributed by atoms with Gasteiger partial charge in [-0.25, -0.2) is 4.98 Å². The van der Waals surface area contributed by atoms with E-state index in [0.29, 0.717) is 6.04 Å². The van der Waals surface area contributed by atoms with Gasteiger partial charge >= 0.3 is 0 Å². The van der Waals surface area contributed by atoms with Crippen LogP contribution in [0.5, 0.6) is 0 Å². The number of nitrogens with zero attached hydrogens (tertiary/aromatic N) is 1. The van der Waals surface area contributed by atoms with Gasteiger partial charge in [0.1, 0.15) is 5.01 Å². The van der Waals surface area contributed by atoms with E-state index in [2.05, 4.69) is 10.3 Å². The van der Waals surface area contributed by atoms with Crippen LogP contribution in [0.4, 0.5) is 0 Å². The summed E-state index contributed by atoms with van der Waals surface area (Å²) in [4.78, 5) is 5.55. The number of rotatable bonds is 3. The first-order valence-corrected chi connectivity index (χ1v) is 5.50. The zero-order valence-electron chi connectivity index (χ0n) is 7.49. The largest absolute Gasteiger partial charge is 0.396 e. The van der Waals surface area contributed by atoms with E-state index >= 15 is 0 Å². The van der Waals surface area contributed by atoms with Crippen molar-refractivity contribution in [3.05, 3.63) is 16.1 Å². The molecule has 13 heavy (non-hydrogen) atoms. The predicted molar refractivity (Wildman–Crippen MR) is 52.9 cm³/mol. The molecule has 3 nitrogen and oxygen atoms in total. The predicted octanol–water partition coefficient (Wildman–Crippen LogP) is 1.10. The highest BCUT2D eigenvalue weighted by molar-refractivity contribution is 7.11. The molecule has 1 atom stereocenters. The lowest BCUT2D eigenvalue weighted by molar-refractivity contribution is 0.300. The third-order valence-electron chi connectivity index (χ3n) is 2.29. The molecular formula is C9H14N2OS. The van der Waals surface area contributed by atoms with Crippen LogP contribution in [0.15, 0.2) is 6.20 Å². The van der Waals surface area contributed by atoms with Crippen molar-refractivity contribution in [3.63, 3.8) is 0 Å². The van der Waals surface area contributed by atoms with Crippen LogP contribution in [0.25, 0.3) is 0 Å². The van der Waals surface area contributed by atoms with Gasteiger partial charge in [-0.15, -0.1) is 11.3 Å². The van der Waals surface area contributed by atoms with Gasteiger partial charge in [0.25, 0.3) is 0 Å². The summed E-state index contributed by atoms with van der Waals surface area (Å²) < 4.78 is 0. The highest BCUT2D eigenvalue weighted by Crippen LogP contribution is 2.26. The third-order valence-corrected chi connectivity index (χ3v) is 3.46. The Kier molecular flexibility index (Phi) is 2.93. The van der Waals surface area contributed by atoms with E-state index in [9.17, 15) is 0 Å². The van der Waals surface area contributed by atoms with Crippen LogP contribution in [0.1, 0.15) is 28.8 Å². The fraction of sp³-hybridized carbons (Fsp3) is 0.667. The molecule has 0 amide bonds. The number of hydrogen-bond donors (Lipinski definition) is 2. The Morgan fingerprint density at radius 3 is 3.31 bits per heavy atom. The Labute approximate surface area is 81.8 Å². The second-order valence-electron chi connectivity index (χ2n) is 3.29. The fourth-order valence-corrected chi connectivity index (χ4v) is 2.62. The zero-order chi connectivity index (χ0) is 9.10. The highest BCUT2D eigenvalue weighted by Gasteiger charge is 2.18. The SMILES string of the molecule is OCCc1cnc(C2CCCN2)s1. The summed E-state index contributed by atoms with van der Waals surface area (Å²) in [5.41, 5.74) is 0. The van der Waals surface area contributed by atoms with Gasteiger partial charge in [-0.2, -0.15) is 0 Å². The Balaban J connectivity index is 2.03. The van der Waals surface area contributed by atoms with E-state index in [0.717, 1.165) is 13.0 Å². The topological polar surface area (TPSA) is 45.2 Å². The Morgan fingerprint density at radius 1 is 1.69 bits per heavy atom. The van der Waals surface area contributed by atoms with Crippen LogP contribution in [0, 0.1) is 0 Å². The number of thiazole rings is 1. The molecule has 1 aromatic rings. The molecule has 1 fully saturated rings. The van der Waals surface area contributed by atoms with Gasteiger partial charge in [0.05, 0.1) is 6.04 Å². The van der Waals surface area contributed by atoms with Crippen molar-refractivity contribution in [2.75, 3.05) is 13.2 Å². The van der Waals surface area contributed by atoms with Crippen molar-refractivity contribution in [2.45, 2.75) is 25.3 Å². The number of aliphatic hydroxyl groups excluding tert-OH is 1. The monoisotopic (exact) mass is 198 g/mol. The van der Waals surface area contributed by atoms with Gasteiger partial charge in [0.2, 0.25) is 0 Å². The van der Waals surface area contributed by atoms with Gasteiger partial charge in [-0.3, -0.25) is 0 Å². The smallest absolute Gasteiger partial charge is 0.110 e. The molecule has 4 heteroatoms. The quantitative estimate of drug-likeness (QED) is 0.764. The first-order chi connectivity index (χ1) is 6.40. The van der Waals surface area contributed by atoms with Crippen molar-refractivity contribution in [1.29, 1.82) is 0 Å². The van der Waals surface area contributed by atoms with Crippen molar-refractivity contribution < 1.29 is 5.11 Å². The summed E-state index contributed by atoms with van der Waals surface area (Å²) in [5.74, 6) is 0. The number of aromatic nitrogens is 1. The summed E-state index contributed by atoms with van der Waals surface area (Å²) in [6, 6.07) is 0.470. The number of aliphatic hydroxyl groups is 1. The normalized spacial score (nSPS) is 22.4. The van der Waals surface area contributed by atoms with Crippen LogP contribution >= 0.6 is 11.3 Å². The Morgan fingerprint density at radius 2 is 2.62 bits per heavy atom. The summed E-state index contributed by atoms with van der Waals surface area (Å²) in [5, 5.41) is 13.4. The van der Waals surface area contributed by atoms with Gasteiger partial charge in [0, 0.05) is 24.1 Å². The molecule has 2 rings (SSSR count). The third kappa shape index (κ3) is 2.07. The second kappa shape index (κ2) is 4.17.